The number of ether oxygens (including phenoxy) is 1. The van der Waals surface area contributed by atoms with Crippen LogP contribution in [0, 0.1) is 6.92 Å². The van der Waals surface area contributed by atoms with Gasteiger partial charge in [0.2, 0.25) is 0 Å². The quantitative estimate of drug-likeness (QED) is 0.850. The molecule has 1 aromatic heterocycles. The Bertz CT molecular complexity index is 649. The molecule has 4 nitrogen and oxygen atoms in total. The summed E-state index contributed by atoms with van der Waals surface area (Å²) in [5, 5.41) is 2.79. The molecule has 0 N–H and O–H groups in total. The number of methoxy groups -OCH3 is 1. The van der Waals surface area contributed by atoms with Gasteiger partial charge in [0.05, 0.1) is 12.3 Å². The Kier molecular flexibility index (Phi) is 4.03. The fourth-order valence-corrected chi connectivity index (χ4v) is 3.16. The Morgan fingerprint density at radius 3 is 2.90 bits per heavy atom. The number of amides is 1. The molecule has 0 aliphatic heterocycles. The zero-order valence-electron chi connectivity index (χ0n) is 12.2. The Morgan fingerprint density at radius 2 is 2.29 bits per heavy atom. The highest BCUT2D eigenvalue weighted by Gasteiger charge is 2.35. The van der Waals surface area contributed by atoms with Gasteiger partial charge in [-0.3, -0.25) is 9.69 Å². The molecule has 1 fully saturated rings. The SMILES string of the molecule is COCc1cccc(C(=O)N(c2nc(C)cs2)C2CC2)c1. The molecule has 3 rings (SSSR count). The van der Waals surface area contributed by atoms with Gasteiger partial charge in [-0.25, -0.2) is 4.98 Å². The number of carbonyl (C=O) groups is 1. The topological polar surface area (TPSA) is 42.4 Å². The molecular weight excluding hydrogens is 284 g/mol. The number of hydrogen-bond donors (Lipinski definition) is 0. The van der Waals surface area contributed by atoms with Gasteiger partial charge in [0.25, 0.3) is 5.91 Å². The van der Waals surface area contributed by atoms with Crippen molar-refractivity contribution < 1.29 is 9.53 Å². The molecule has 21 heavy (non-hydrogen) atoms. The van der Waals surface area contributed by atoms with E-state index in [0.29, 0.717) is 18.2 Å². The Balaban J connectivity index is 1.89. The van der Waals surface area contributed by atoms with Crippen molar-refractivity contribution in [1.29, 1.82) is 0 Å². The Labute approximate surface area is 128 Å². The minimum atomic E-state index is 0.0322. The molecule has 1 aromatic carbocycles. The predicted octanol–water partition coefficient (Wildman–Crippen LogP) is 3.41. The van der Waals surface area contributed by atoms with E-state index in [4.69, 9.17) is 4.74 Å². The highest BCUT2D eigenvalue weighted by Crippen LogP contribution is 2.34. The summed E-state index contributed by atoms with van der Waals surface area (Å²) in [6, 6.07) is 7.93. The molecule has 0 radical (unpaired) electrons. The van der Waals surface area contributed by atoms with Gasteiger partial charge in [-0.1, -0.05) is 12.1 Å². The predicted molar refractivity (Wildman–Crippen MR) is 83.8 cm³/mol. The van der Waals surface area contributed by atoms with Crippen LogP contribution in [-0.2, 0) is 11.3 Å². The van der Waals surface area contributed by atoms with Crippen molar-refractivity contribution in [1.82, 2.24) is 4.98 Å². The number of nitrogens with zero attached hydrogens (tertiary/aromatic N) is 2. The maximum Gasteiger partial charge on any atom is 0.260 e. The summed E-state index contributed by atoms with van der Waals surface area (Å²) in [6.45, 7) is 2.47. The van der Waals surface area contributed by atoms with E-state index in [-0.39, 0.29) is 5.91 Å². The highest BCUT2D eigenvalue weighted by atomic mass is 32.1. The number of aryl methyl sites for hydroxylation is 1. The van der Waals surface area contributed by atoms with Crippen LogP contribution in [0.15, 0.2) is 29.6 Å². The van der Waals surface area contributed by atoms with E-state index in [2.05, 4.69) is 4.98 Å². The van der Waals surface area contributed by atoms with E-state index in [1.54, 1.807) is 7.11 Å². The van der Waals surface area contributed by atoms with Crippen molar-refractivity contribution in [2.45, 2.75) is 32.4 Å². The van der Waals surface area contributed by atoms with Gasteiger partial charge in [0.15, 0.2) is 5.13 Å². The van der Waals surface area contributed by atoms with Crippen LogP contribution in [0.25, 0.3) is 0 Å². The van der Waals surface area contributed by atoms with Crippen LogP contribution in [0.3, 0.4) is 0 Å². The van der Waals surface area contributed by atoms with Gasteiger partial charge in [0.1, 0.15) is 0 Å². The normalized spacial score (nSPS) is 14.2. The third-order valence-electron chi connectivity index (χ3n) is 3.43. The molecule has 0 atom stereocenters. The third kappa shape index (κ3) is 3.14. The third-order valence-corrected chi connectivity index (χ3v) is 4.39. The molecule has 1 heterocycles. The molecule has 2 aromatic rings. The minimum absolute atomic E-state index is 0.0322. The minimum Gasteiger partial charge on any atom is -0.380 e. The summed E-state index contributed by atoms with van der Waals surface area (Å²) >= 11 is 1.53. The summed E-state index contributed by atoms with van der Waals surface area (Å²) in [5.74, 6) is 0.0322. The summed E-state index contributed by atoms with van der Waals surface area (Å²) in [4.78, 5) is 19.2. The first-order valence-corrected chi connectivity index (χ1v) is 7.90. The molecule has 1 saturated carbocycles. The van der Waals surface area contributed by atoms with E-state index in [1.165, 1.54) is 11.3 Å². The fraction of sp³-hybridized carbons (Fsp3) is 0.375. The van der Waals surface area contributed by atoms with Gasteiger partial charge < -0.3 is 4.74 Å². The molecule has 1 amide bonds. The first kappa shape index (κ1) is 14.2. The number of thiazole rings is 1. The number of anilines is 1. The van der Waals surface area contributed by atoms with Gasteiger partial charge in [-0.05, 0) is 37.5 Å². The van der Waals surface area contributed by atoms with Crippen molar-refractivity contribution in [3.8, 4) is 0 Å². The smallest absolute Gasteiger partial charge is 0.260 e. The Morgan fingerprint density at radius 1 is 1.48 bits per heavy atom. The van der Waals surface area contributed by atoms with Crippen molar-refractivity contribution in [3.63, 3.8) is 0 Å². The van der Waals surface area contributed by atoms with Gasteiger partial charge in [-0.15, -0.1) is 11.3 Å². The van der Waals surface area contributed by atoms with Crippen molar-refractivity contribution in [3.05, 3.63) is 46.5 Å². The second-order valence-electron chi connectivity index (χ2n) is 5.31. The second kappa shape index (κ2) is 5.95. The van der Waals surface area contributed by atoms with E-state index >= 15 is 0 Å². The molecule has 0 spiro atoms. The fourth-order valence-electron chi connectivity index (χ4n) is 2.29. The zero-order chi connectivity index (χ0) is 14.8. The number of hydrogen-bond acceptors (Lipinski definition) is 4. The average Bonchev–Trinajstić information content (AvgIpc) is 3.22. The molecule has 0 saturated heterocycles. The zero-order valence-corrected chi connectivity index (χ0v) is 13.0. The van der Waals surface area contributed by atoms with Crippen LogP contribution in [0.5, 0.6) is 0 Å². The maximum atomic E-state index is 12.8. The summed E-state index contributed by atoms with van der Waals surface area (Å²) in [5.41, 5.74) is 2.67. The lowest BCUT2D eigenvalue weighted by Gasteiger charge is -2.19. The van der Waals surface area contributed by atoms with Crippen LogP contribution >= 0.6 is 11.3 Å². The van der Waals surface area contributed by atoms with Gasteiger partial charge in [0, 0.05) is 24.1 Å². The van der Waals surface area contributed by atoms with Gasteiger partial charge >= 0.3 is 0 Å². The van der Waals surface area contributed by atoms with Gasteiger partial charge in [-0.2, -0.15) is 0 Å². The summed E-state index contributed by atoms with van der Waals surface area (Å²) < 4.78 is 5.14. The standard InChI is InChI=1S/C16H18N2O2S/c1-11-10-21-16(17-11)18(14-6-7-14)15(19)13-5-3-4-12(8-13)9-20-2/h3-5,8,10,14H,6-7,9H2,1-2H3. The first-order valence-electron chi connectivity index (χ1n) is 7.02. The maximum absolute atomic E-state index is 12.8. The molecule has 1 aliphatic carbocycles. The molecule has 0 bridgehead atoms. The lowest BCUT2D eigenvalue weighted by molar-refractivity contribution is 0.0985. The molecular formula is C16H18N2O2S. The summed E-state index contributed by atoms with van der Waals surface area (Å²) in [7, 11) is 1.66. The van der Waals surface area contributed by atoms with Crippen LogP contribution in [0.2, 0.25) is 0 Å². The number of carbonyl (C=O) groups excluding carboxylic acids is 1. The summed E-state index contributed by atoms with van der Waals surface area (Å²) in [6.07, 6.45) is 2.12. The van der Waals surface area contributed by atoms with E-state index in [1.807, 2.05) is 41.5 Å². The van der Waals surface area contributed by atoms with Crippen molar-refractivity contribution >= 4 is 22.4 Å². The number of rotatable bonds is 5. The number of benzene rings is 1. The lowest BCUT2D eigenvalue weighted by Crippen LogP contribution is -2.33. The number of aromatic nitrogens is 1. The molecule has 5 heteroatoms. The Hall–Kier alpha value is -1.72. The largest absolute Gasteiger partial charge is 0.380 e. The van der Waals surface area contributed by atoms with E-state index in [9.17, 15) is 4.79 Å². The molecule has 110 valence electrons. The highest BCUT2D eigenvalue weighted by molar-refractivity contribution is 7.14. The average molecular weight is 302 g/mol. The van der Waals surface area contributed by atoms with Crippen LogP contribution < -0.4 is 4.90 Å². The molecule has 0 unspecified atom stereocenters. The van der Waals surface area contributed by atoms with Crippen molar-refractivity contribution in [2.24, 2.45) is 0 Å². The van der Waals surface area contributed by atoms with Crippen LogP contribution in [-0.4, -0.2) is 24.0 Å². The first-order chi connectivity index (χ1) is 10.2. The lowest BCUT2D eigenvalue weighted by atomic mass is 10.1. The van der Waals surface area contributed by atoms with Crippen LogP contribution in [0.1, 0.15) is 34.5 Å². The molecule has 1 aliphatic rings. The van der Waals surface area contributed by atoms with E-state index in [0.717, 1.165) is 29.2 Å². The monoisotopic (exact) mass is 302 g/mol. The van der Waals surface area contributed by atoms with E-state index < -0.39 is 0 Å². The van der Waals surface area contributed by atoms with Crippen molar-refractivity contribution in [2.75, 3.05) is 12.0 Å². The second-order valence-corrected chi connectivity index (χ2v) is 6.15. The van der Waals surface area contributed by atoms with Crippen LogP contribution in [0.4, 0.5) is 5.13 Å².